The Labute approximate surface area is 136 Å². The summed E-state index contributed by atoms with van der Waals surface area (Å²) in [5, 5.41) is 7.44. The SMILES string of the molecule is COCC1(C(=O)Nc2cccc3[nH]ccc23)CCNCC1.Cl. The Morgan fingerprint density at radius 3 is 2.82 bits per heavy atom. The minimum absolute atomic E-state index is 0. The predicted octanol–water partition coefficient (Wildman–Crippen LogP) is 2.54. The summed E-state index contributed by atoms with van der Waals surface area (Å²) in [4.78, 5) is 16.0. The van der Waals surface area contributed by atoms with Crippen molar-refractivity contribution in [2.24, 2.45) is 5.41 Å². The Bertz CT molecular complexity index is 630. The second-order valence-corrected chi connectivity index (χ2v) is 5.66. The Balaban J connectivity index is 0.00000176. The van der Waals surface area contributed by atoms with E-state index in [0.717, 1.165) is 42.5 Å². The van der Waals surface area contributed by atoms with Gasteiger partial charge in [0.1, 0.15) is 0 Å². The van der Waals surface area contributed by atoms with Gasteiger partial charge in [-0.25, -0.2) is 0 Å². The van der Waals surface area contributed by atoms with Crippen LogP contribution in [0.25, 0.3) is 10.9 Å². The highest BCUT2D eigenvalue weighted by Crippen LogP contribution is 2.32. The standard InChI is InChI=1S/C16H21N3O2.ClH/c1-21-11-16(6-9-17-10-7-16)15(20)19-14-4-2-3-13-12(14)5-8-18-13;/h2-5,8,17-18H,6-7,9-11H2,1H3,(H,19,20);1H. The smallest absolute Gasteiger partial charge is 0.233 e. The number of hydrogen-bond acceptors (Lipinski definition) is 3. The molecule has 0 unspecified atom stereocenters. The van der Waals surface area contributed by atoms with Crippen molar-refractivity contribution < 1.29 is 9.53 Å². The fourth-order valence-corrected chi connectivity index (χ4v) is 3.07. The number of H-pyrrole nitrogens is 1. The molecule has 0 bridgehead atoms. The molecule has 6 heteroatoms. The van der Waals surface area contributed by atoms with Crippen LogP contribution in [0.1, 0.15) is 12.8 Å². The molecule has 0 aliphatic carbocycles. The average molecular weight is 324 g/mol. The molecule has 5 nitrogen and oxygen atoms in total. The van der Waals surface area contributed by atoms with E-state index in [-0.39, 0.29) is 18.3 Å². The minimum Gasteiger partial charge on any atom is -0.384 e. The van der Waals surface area contributed by atoms with Crippen LogP contribution in [-0.2, 0) is 9.53 Å². The van der Waals surface area contributed by atoms with Gasteiger partial charge in [-0.3, -0.25) is 4.79 Å². The van der Waals surface area contributed by atoms with Crippen molar-refractivity contribution in [3.8, 4) is 0 Å². The number of benzene rings is 1. The third-order valence-electron chi connectivity index (χ3n) is 4.31. The quantitative estimate of drug-likeness (QED) is 0.810. The number of anilines is 1. The molecule has 120 valence electrons. The topological polar surface area (TPSA) is 66.1 Å². The predicted molar refractivity (Wildman–Crippen MR) is 90.6 cm³/mol. The van der Waals surface area contributed by atoms with E-state index in [2.05, 4.69) is 15.6 Å². The van der Waals surface area contributed by atoms with Gasteiger partial charge in [-0.15, -0.1) is 12.4 Å². The lowest BCUT2D eigenvalue weighted by Crippen LogP contribution is -2.47. The van der Waals surface area contributed by atoms with Crippen LogP contribution in [0.2, 0.25) is 0 Å². The number of carbonyl (C=O) groups excluding carboxylic acids is 1. The zero-order valence-electron chi connectivity index (χ0n) is 12.6. The van der Waals surface area contributed by atoms with Crippen LogP contribution in [-0.4, -0.2) is 37.7 Å². The monoisotopic (exact) mass is 323 g/mol. The Kier molecular flexibility index (Phi) is 5.45. The lowest BCUT2D eigenvalue weighted by atomic mass is 9.78. The maximum Gasteiger partial charge on any atom is 0.233 e. The highest BCUT2D eigenvalue weighted by atomic mass is 35.5. The molecule has 3 rings (SSSR count). The van der Waals surface area contributed by atoms with Gasteiger partial charge in [0.15, 0.2) is 0 Å². The van der Waals surface area contributed by atoms with Crippen molar-refractivity contribution in [2.75, 3.05) is 32.1 Å². The van der Waals surface area contributed by atoms with E-state index < -0.39 is 5.41 Å². The van der Waals surface area contributed by atoms with Crippen molar-refractivity contribution in [3.05, 3.63) is 30.5 Å². The lowest BCUT2D eigenvalue weighted by molar-refractivity contribution is -0.130. The number of carbonyl (C=O) groups is 1. The van der Waals surface area contributed by atoms with Crippen LogP contribution in [0.3, 0.4) is 0 Å². The molecule has 2 aromatic rings. The molecular weight excluding hydrogens is 302 g/mol. The zero-order valence-corrected chi connectivity index (χ0v) is 13.5. The van der Waals surface area contributed by atoms with Crippen LogP contribution < -0.4 is 10.6 Å². The van der Waals surface area contributed by atoms with Crippen LogP contribution in [0.15, 0.2) is 30.5 Å². The molecule has 3 N–H and O–H groups in total. The summed E-state index contributed by atoms with van der Waals surface area (Å²) in [6, 6.07) is 7.87. The van der Waals surface area contributed by atoms with E-state index in [9.17, 15) is 4.79 Å². The first kappa shape index (κ1) is 16.8. The number of ether oxygens (including phenoxy) is 1. The number of aromatic nitrogens is 1. The third-order valence-corrected chi connectivity index (χ3v) is 4.31. The molecule has 1 aliphatic rings. The number of piperidine rings is 1. The highest BCUT2D eigenvalue weighted by Gasteiger charge is 2.39. The second kappa shape index (κ2) is 7.13. The van der Waals surface area contributed by atoms with E-state index in [1.165, 1.54) is 0 Å². The number of aromatic amines is 1. The molecular formula is C16H22ClN3O2. The summed E-state index contributed by atoms with van der Waals surface area (Å²) in [5.41, 5.74) is 1.45. The van der Waals surface area contributed by atoms with E-state index in [1.54, 1.807) is 7.11 Å². The van der Waals surface area contributed by atoms with Crippen LogP contribution in [0.4, 0.5) is 5.69 Å². The number of nitrogens with one attached hydrogen (secondary N) is 3. The third kappa shape index (κ3) is 3.11. The van der Waals surface area contributed by atoms with Gasteiger partial charge in [0.05, 0.1) is 17.7 Å². The zero-order chi connectivity index (χ0) is 14.7. The van der Waals surface area contributed by atoms with Crippen molar-refractivity contribution in [1.82, 2.24) is 10.3 Å². The fourth-order valence-electron chi connectivity index (χ4n) is 3.07. The van der Waals surface area contributed by atoms with Gasteiger partial charge in [-0.05, 0) is 44.1 Å². The first-order valence-electron chi connectivity index (χ1n) is 7.32. The highest BCUT2D eigenvalue weighted by molar-refractivity contribution is 6.03. The van der Waals surface area contributed by atoms with E-state index in [4.69, 9.17) is 4.74 Å². The van der Waals surface area contributed by atoms with Crippen LogP contribution in [0, 0.1) is 5.41 Å². The molecule has 1 aromatic carbocycles. The second-order valence-electron chi connectivity index (χ2n) is 5.66. The van der Waals surface area contributed by atoms with Gasteiger partial charge in [0.25, 0.3) is 0 Å². The van der Waals surface area contributed by atoms with Crippen molar-refractivity contribution in [2.45, 2.75) is 12.8 Å². The molecule has 0 atom stereocenters. The van der Waals surface area contributed by atoms with E-state index in [1.807, 2.05) is 30.5 Å². The number of amides is 1. The molecule has 1 aromatic heterocycles. The van der Waals surface area contributed by atoms with Gasteiger partial charge in [-0.2, -0.15) is 0 Å². The van der Waals surface area contributed by atoms with Gasteiger partial charge < -0.3 is 20.4 Å². The van der Waals surface area contributed by atoms with Gasteiger partial charge in [0, 0.05) is 24.2 Å². The Hall–Kier alpha value is -1.56. The number of halogens is 1. The summed E-state index contributed by atoms with van der Waals surface area (Å²) in [7, 11) is 1.66. The molecule has 1 amide bonds. The Morgan fingerprint density at radius 1 is 1.32 bits per heavy atom. The maximum atomic E-state index is 12.8. The Morgan fingerprint density at radius 2 is 2.09 bits per heavy atom. The van der Waals surface area contributed by atoms with Crippen molar-refractivity contribution >= 4 is 34.9 Å². The number of fused-ring (bicyclic) bond motifs is 1. The van der Waals surface area contributed by atoms with Gasteiger partial charge >= 0.3 is 0 Å². The van der Waals surface area contributed by atoms with Crippen molar-refractivity contribution in [3.63, 3.8) is 0 Å². The van der Waals surface area contributed by atoms with Crippen molar-refractivity contribution in [1.29, 1.82) is 0 Å². The largest absolute Gasteiger partial charge is 0.384 e. The maximum absolute atomic E-state index is 12.8. The van der Waals surface area contributed by atoms with Crippen LogP contribution in [0.5, 0.6) is 0 Å². The first-order chi connectivity index (χ1) is 10.2. The summed E-state index contributed by atoms with van der Waals surface area (Å²) < 4.78 is 5.32. The molecule has 1 fully saturated rings. The molecule has 22 heavy (non-hydrogen) atoms. The molecule has 0 spiro atoms. The molecule has 1 aliphatic heterocycles. The molecule has 0 radical (unpaired) electrons. The fraction of sp³-hybridized carbons (Fsp3) is 0.438. The normalized spacial score (nSPS) is 17.0. The van der Waals surface area contributed by atoms with E-state index in [0.29, 0.717) is 6.61 Å². The number of rotatable bonds is 4. The lowest BCUT2D eigenvalue weighted by Gasteiger charge is -2.35. The molecule has 0 saturated carbocycles. The summed E-state index contributed by atoms with van der Waals surface area (Å²) in [5.74, 6) is 0.0551. The molecule has 1 saturated heterocycles. The number of methoxy groups -OCH3 is 1. The summed E-state index contributed by atoms with van der Waals surface area (Å²) >= 11 is 0. The average Bonchev–Trinajstić information content (AvgIpc) is 2.98. The summed E-state index contributed by atoms with van der Waals surface area (Å²) in [6.45, 7) is 2.17. The summed E-state index contributed by atoms with van der Waals surface area (Å²) in [6.07, 6.45) is 3.49. The van der Waals surface area contributed by atoms with Gasteiger partial charge in [-0.1, -0.05) is 6.07 Å². The van der Waals surface area contributed by atoms with E-state index >= 15 is 0 Å². The minimum atomic E-state index is -0.432. The first-order valence-corrected chi connectivity index (χ1v) is 7.32. The molecule has 2 heterocycles. The van der Waals surface area contributed by atoms with Gasteiger partial charge in [0.2, 0.25) is 5.91 Å². The van der Waals surface area contributed by atoms with Crippen LogP contribution >= 0.6 is 12.4 Å². The number of hydrogen-bond donors (Lipinski definition) is 3.